The van der Waals surface area contributed by atoms with Gasteiger partial charge in [0.05, 0.1) is 32.3 Å². The highest BCUT2D eigenvalue weighted by Crippen LogP contribution is 2.00. The molecule has 0 aliphatic rings. The van der Waals surface area contributed by atoms with Crippen LogP contribution in [0, 0.1) is 5.92 Å². The van der Waals surface area contributed by atoms with Crippen molar-refractivity contribution in [3.05, 3.63) is 0 Å². The maximum absolute atomic E-state index is 11.0. The Bertz CT molecular complexity index is 244. The monoisotopic (exact) mass is 247 g/mol. The Balaban J connectivity index is 4.04. The van der Waals surface area contributed by atoms with Crippen molar-refractivity contribution in [2.24, 2.45) is 5.92 Å². The van der Waals surface area contributed by atoms with Crippen molar-refractivity contribution in [3.8, 4) is 0 Å². The number of rotatable bonds is 10. The van der Waals surface area contributed by atoms with Crippen LogP contribution in [0.1, 0.15) is 13.8 Å². The lowest BCUT2D eigenvalue weighted by molar-refractivity contribution is -0.142. The zero-order valence-corrected chi connectivity index (χ0v) is 10.4. The van der Waals surface area contributed by atoms with Crippen LogP contribution in [0.3, 0.4) is 0 Å². The Morgan fingerprint density at radius 2 is 2.00 bits per heavy atom. The van der Waals surface area contributed by atoms with E-state index in [0.717, 1.165) is 0 Å². The Labute approximate surface area is 101 Å². The second-order valence-electron chi connectivity index (χ2n) is 4.01. The molecule has 2 N–H and O–H groups in total. The summed E-state index contributed by atoms with van der Waals surface area (Å²) in [6.45, 7) is 4.67. The standard InChI is InChI=1S/C11H21NO5/c1-9(11(15)16)7-12(8-10(2)14)3-5-17-6-4-13/h9,13H,3-8H2,1-2H3,(H,15,16). The van der Waals surface area contributed by atoms with Crippen molar-refractivity contribution in [3.63, 3.8) is 0 Å². The van der Waals surface area contributed by atoms with Crippen LogP contribution in [-0.4, -0.2) is 66.3 Å². The predicted molar refractivity (Wildman–Crippen MR) is 61.8 cm³/mol. The fraction of sp³-hybridized carbons (Fsp3) is 0.818. The Kier molecular flexibility index (Phi) is 8.57. The second-order valence-corrected chi connectivity index (χ2v) is 4.01. The molecule has 0 aromatic carbocycles. The van der Waals surface area contributed by atoms with E-state index in [-0.39, 0.29) is 25.5 Å². The average molecular weight is 247 g/mol. The number of carbonyl (C=O) groups is 2. The minimum Gasteiger partial charge on any atom is -0.481 e. The van der Waals surface area contributed by atoms with Gasteiger partial charge in [0.1, 0.15) is 5.78 Å². The molecule has 0 rings (SSSR count). The van der Waals surface area contributed by atoms with Gasteiger partial charge in [-0.2, -0.15) is 0 Å². The summed E-state index contributed by atoms with van der Waals surface area (Å²) in [6, 6.07) is 0. The molecule has 0 aromatic rings. The van der Waals surface area contributed by atoms with Gasteiger partial charge in [-0.3, -0.25) is 14.5 Å². The molecule has 6 heteroatoms. The van der Waals surface area contributed by atoms with Gasteiger partial charge in [-0.25, -0.2) is 0 Å². The van der Waals surface area contributed by atoms with E-state index in [1.54, 1.807) is 11.8 Å². The minimum atomic E-state index is -0.880. The summed E-state index contributed by atoms with van der Waals surface area (Å²) in [4.78, 5) is 23.5. The molecule has 0 aromatic heterocycles. The molecule has 0 aliphatic heterocycles. The van der Waals surface area contributed by atoms with Gasteiger partial charge in [0.2, 0.25) is 0 Å². The molecule has 0 saturated carbocycles. The highest BCUT2D eigenvalue weighted by atomic mass is 16.5. The first kappa shape index (κ1) is 16.0. The lowest BCUT2D eigenvalue weighted by atomic mass is 10.1. The molecule has 1 unspecified atom stereocenters. The first-order chi connectivity index (χ1) is 7.97. The van der Waals surface area contributed by atoms with E-state index in [2.05, 4.69) is 0 Å². The van der Waals surface area contributed by atoms with Crippen LogP contribution in [0.25, 0.3) is 0 Å². The number of hydrogen-bond donors (Lipinski definition) is 2. The third kappa shape index (κ3) is 8.79. The summed E-state index contributed by atoms with van der Waals surface area (Å²) in [5.41, 5.74) is 0. The number of ketones is 1. The quantitative estimate of drug-likeness (QED) is 0.511. The number of aliphatic hydroxyl groups excluding tert-OH is 1. The van der Waals surface area contributed by atoms with Gasteiger partial charge in [0, 0.05) is 13.1 Å². The molecule has 6 nitrogen and oxygen atoms in total. The Hall–Kier alpha value is -0.980. The smallest absolute Gasteiger partial charge is 0.307 e. The van der Waals surface area contributed by atoms with E-state index in [4.69, 9.17) is 14.9 Å². The van der Waals surface area contributed by atoms with Crippen molar-refractivity contribution >= 4 is 11.8 Å². The lowest BCUT2D eigenvalue weighted by Gasteiger charge is -2.22. The van der Waals surface area contributed by atoms with E-state index in [1.165, 1.54) is 6.92 Å². The van der Waals surface area contributed by atoms with Gasteiger partial charge < -0.3 is 14.9 Å². The second kappa shape index (κ2) is 9.09. The SMILES string of the molecule is CC(=O)CN(CCOCCO)CC(C)C(=O)O. The van der Waals surface area contributed by atoms with E-state index in [1.807, 2.05) is 0 Å². The van der Waals surface area contributed by atoms with Crippen LogP contribution < -0.4 is 0 Å². The summed E-state index contributed by atoms with van der Waals surface area (Å²) < 4.78 is 5.09. The molecule has 0 bridgehead atoms. The molecule has 100 valence electrons. The van der Waals surface area contributed by atoms with Crippen molar-refractivity contribution < 1.29 is 24.5 Å². The van der Waals surface area contributed by atoms with Crippen molar-refractivity contribution in [2.45, 2.75) is 13.8 Å². The number of carboxylic acid groups (broad SMARTS) is 1. The highest BCUT2D eigenvalue weighted by molar-refractivity contribution is 5.77. The molecule has 1 atom stereocenters. The van der Waals surface area contributed by atoms with Gasteiger partial charge in [-0.1, -0.05) is 6.92 Å². The summed E-state index contributed by atoms with van der Waals surface area (Å²) in [6.07, 6.45) is 0. The lowest BCUT2D eigenvalue weighted by Crippen LogP contribution is -2.37. The van der Waals surface area contributed by atoms with E-state index in [0.29, 0.717) is 19.7 Å². The molecule has 0 spiro atoms. The third-order valence-corrected chi connectivity index (χ3v) is 2.19. The van der Waals surface area contributed by atoms with E-state index >= 15 is 0 Å². The zero-order valence-electron chi connectivity index (χ0n) is 10.4. The molecular formula is C11H21NO5. The van der Waals surface area contributed by atoms with Gasteiger partial charge in [0.25, 0.3) is 0 Å². The van der Waals surface area contributed by atoms with Gasteiger partial charge in [0.15, 0.2) is 0 Å². The summed E-state index contributed by atoms with van der Waals surface area (Å²) >= 11 is 0. The normalized spacial score (nSPS) is 12.7. The van der Waals surface area contributed by atoms with Gasteiger partial charge in [-0.05, 0) is 6.92 Å². The number of hydrogen-bond acceptors (Lipinski definition) is 5. The fourth-order valence-corrected chi connectivity index (χ4v) is 1.38. The van der Waals surface area contributed by atoms with Crippen LogP contribution in [0.2, 0.25) is 0 Å². The molecular weight excluding hydrogens is 226 g/mol. The first-order valence-corrected chi connectivity index (χ1v) is 5.60. The number of carboxylic acids is 1. The maximum Gasteiger partial charge on any atom is 0.307 e. The number of aliphatic carboxylic acids is 1. The molecule has 0 fully saturated rings. The first-order valence-electron chi connectivity index (χ1n) is 5.60. The van der Waals surface area contributed by atoms with Crippen molar-refractivity contribution in [1.82, 2.24) is 4.90 Å². The predicted octanol–water partition coefficient (Wildman–Crippen LogP) is -0.393. The average Bonchev–Trinajstić information content (AvgIpc) is 2.23. The summed E-state index contributed by atoms with van der Waals surface area (Å²) in [7, 11) is 0. The number of aliphatic hydroxyl groups is 1. The summed E-state index contributed by atoms with van der Waals surface area (Å²) in [5, 5.41) is 17.3. The number of carbonyl (C=O) groups excluding carboxylic acids is 1. The molecule has 0 radical (unpaired) electrons. The number of nitrogens with zero attached hydrogens (tertiary/aromatic N) is 1. The highest BCUT2D eigenvalue weighted by Gasteiger charge is 2.16. The van der Waals surface area contributed by atoms with E-state index < -0.39 is 11.9 Å². The van der Waals surface area contributed by atoms with E-state index in [9.17, 15) is 9.59 Å². The van der Waals surface area contributed by atoms with Gasteiger partial charge in [-0.15, -0.1) is 0 Å². The fourth-order valence-electron chi connectivity index (χ4n) is 1.38. The van der Waals surface area contributed by atoms with Crippen LogP contribution >= 0.6 is 0 Å². The maximum atomic E-state index is 11.0. The Morgan fingerprint density at radius 3 is 2.47 bits per heavy atom. The molecule has 0 saturated heterocycles. The molecule has 0 amide bonds. The Morgan fingerprint density at radius 1 is 1.35 bits per heavy atom. The number of Topliss-reactive ketones (excluding diaryl/α,β-unsaturated/α-hetero) is 1. The van der Waals surface area contributed by atoms with Crippen molar-refractivity contribution in [1.29, 1.82) is 0 Å². The van der Waals surface area contributed by atoms with Crippen molar-refractivity contribution in [2.75, 3.05) is 39.5 Å². The molecule has 0 heterocycles. The van der Waals surface area contributed by atoms with Crippen LogP contribution in [0.5, 0.6) is 0 Å². The zero-order chi connectivity index (χ0) is 13.3. The molecule has 0 aliphatic carbocycles. The largest absolute Gasteiger partial charge is 0.481 e. The van der Waals surface area contributed by atoms with Gasteiger partial charge >= 0.3 is 5.97 Å². The minimum absolute atomic E-state index is 0.00949. The van der Waals surface area contributed by atoms with Crippen LogP contribution in [-0.2, 0) is 14.3 Å². The third-order valence-electron chi connectivity index (χ3n) is 2.19. The number of ether oxygens (including phenoxy) is 1. The van der Waals surface area contributed by atoms with Crippen LogP contribution in [0.4, 0.5) is 0 Å². The topological polar surface area (TPSA) is 87.1 Å². The van der Waals surface area contributed by atoms with Crippen LogP contribution in [0.15, 0.2) is 0 Å². The summed E-state index contributed by atoms with van der Waals surface area (Å²) in [5.74, 6) is -1.41. The molecule has 17 heavy (non-hydrogen) atoms.